The highest BCUT2D eigenvalue weighted by atomic mass is 19.3. The molecule has 1 saturated heterocycles. The van der Waals surface area contributed by atoms with Crippen LogP contribution in [0.5, 0.6) is 0 Å². The molecule has 236 valence electrons. The maximum Gasteiger partial charge on any atom is 0.418 e. The quantitative estimate of drug-likeness (QED) is 0.281. The van der Waals surface area contributed by atoms with E-state index in [9.17, 15) is 18.4 Å². The SMILES string of the molecule is COC(=O)c1ccc([C@@H]2C[C@@H](NC3CC(F)(F)C3)CCN2Cc2c(C3CC3)cc(C)c3c2ccn3C(=O)OC(C)(C)C)cc1. The molecule has 0 amide bonds. The fourth-order valence-corrected chi connectivity index (χ4v) is 7.00. The van der Waals surface area contributed by atoms with Crippen molar-refractivity contribution >= 4 is 23.0 Å². The smallest absolute Gasteiger partial charge is 0.418 e. The van der Waals surface area contributed by atoms with Crippen molar-refractivity contribution in [1.29, 1.82) is 0 Å². The second-order valence-electron chi connectivity index (χ2n) is 13.9. The Labute approximate surface area is 257 Å². The minimum atomic E-state index is -2.56. The maximum absolute atomic E-state index is 13.6. The lowest BCUT2D eigenvalue weighted by Crippen LogP contribution is -2.54. The Bertz CT molecular complexity index is 1550. The summed E-state index contributed by atoms with van der Waals surface area (Å²) in [6.45, 7) is 9.15. The van der Waals surface area contributed by atoms with Crippen LogP contribution in [-0.2, 0) is 16.0 Å². The molecule has 0 spiro atoms. The number of hydrogen-bond acceptors (Lipinski definition) is 6. The van der Waals surface area contributed by atoms with E-state index in [0.717, 1.165) is 54.3 Å². The fraction of sp³-hybridized carbons (Fsp3) is 0.543. The van der Waals surface area contributed by atoms with Crippen LogP contribution >= 0.6 is 0 Å². The molecule has 1 aliphatic heterocycles. The van der Waals surface area contributed by atoms with Crippen LogP contribution in [0, 0.1) is 6.92 Å². The fourth-order valence-electron chi connectivity index (χ4n) is 7.00. The standard InChI is InChI=1S/C35H43F2N3O4/c1-21-16-28(22-6-7-22)29(27-13-15-40(31(21)27)33(42)44-34(2,3)4)20-39-14-12-25(38-26-18-35(36,37)19-26)17-30(39)23-8-10-24(11-9-23)32(41)43-5/h8-11,13,15-16,22,25-26,30,38H,6-7,12,14,17-20H2,1-5H3/t25-,30-/m0/s1. The van der Waals surface area contributed by atoms with Gasteiger partial charge in [0, 0.05) is 55.6 Å². The monoisotopic (exact) mass is 607 g/mol. The third-order valence-electron chi connectivity index (χ3n) is 9.27. The first-order chi connectivity index (χ1) is 20.8. The molecule has 0 unspecified atom stereocenters. The van der Waals surface area contributed by atoms with Crippen molar-refractivity contribution in [3.63, 3.8) is 0 Å². The number of esters is 1. The van der Waals surface area contributed by atoms with Gasteiger partial charge >= 0.3 is 12.1 Å². The van der Waals surface area contributed by atoms with E-state index in [1.54, 1.807) is 16.7 Å². The molecule has 2 saturated carbocycles. The molecule has 1 N–H and O–H groups in total. The molecule has 7 nitrogen and oxygen atoms in total. The number of alkyl halides is 2. The largest absolute Gasteiger partial charge is 0.465 e. The Morgan fingerprint density at radius 1 is 1.05 bits per heavy atom. The van der Waals surface area contributed by atoms with Gasteiger partial charge in [-0.1, -0.05) is 18.2 Å². The van der Waals surface area contributed by atoms with Crippen LogP contribution in [0.1, 0.15) is 104 Å². The summed E-state index contributed by atoms with van der Waals surface area (Å²) in [7, 11) is 1.37. The summed E-state index contributed by atoms with van der Waals surface area (Å²) >= 11 is 0. The first-order valence-electron chi connectivity index (χ1n) is 15.7. The van der Waals surface area contributed by atoms with Gasteiger partial charge in [0.05, 0.1) is 18.2 Å². The van der Waals surface area contributed by atoms with E-state index in [0.29, 0.717) is 18.0 Å². The van der Waals surface area contributed by atoms with E-state index < -0.39 is 17.6 Å². The molecule has 2 aliphatic carbocycles. The number of rotatable bonds is 7. The maximum atomic E-state index is 13.6. The number of carbonyl (C=O) groups is 2. The molecule has 6 rings (SSSR count). The normalized spacial score (nSPS) is 22.5. The number of hydrogen-bond donors (Lipinski definition) is 1. The second kappa shape index (κ2) is 11.6. The van der Waals surface area contributed by atoms with Crippen molar-refractivity contribution in [2.45, 2.75) is 108 Å². The number of carbonyl (C=O) groups excluding carboxylic acids is 2. The highest BCUT2D eigenvalue weighted by Crippen LogP contribution is 2.46. The molecule has 0 radical (unpaired) electrons. The van der Waals surface area contributed by atoms with E-state index in [1.165, 1.54) is 18.2 Å². The average Bonchev–Trinajstić information content (AvgIpc) is 3.69. The van der Waals surface area contributed by atoms with Gasteiger partial charge in [0.25, 0.3) is 5.92 Å². The summed E-state index contributed by atoms with van der Waals surface area (Å²) in [6, 6.07) is 11.8. The summed E-state index contributed by atoms with van der Waals surface area (Å²) in [4.78, 5) is 27.8. The lowest BCUT2D eigenvalue weighted by atomic mass is 9.85. The van der Waals surface area contributed by atoms with Gasteiger partial charge in [0.2, 0.25) is 0 Å². The van der Waals surface area contributed by atoms with Crippen LogP contribution in [0.15, 0.2) is 42.6 Å². The van der Waals surface area contributed by atoms with Crippen LogP contribution in [0.25, 0.3) is 10.9 Å². The van der Waals surface area contributed by atoms with E-state index in [2.05, 4.69) is 23.2 Å². The number of fused-ring (bicyclic) bond motifs is 1. The molecule has 3 aromatic rings. The number of ether oxygens (including phenoxy) is 2. The number of benzene rings is 2. The molecule has 3 aliphatic rings. The zero-order chi connectivity index (χ0) is 31.4. The summed E-state index contributed by atoms with van der Waals surface area (Å²) < 4.78 is 39.5. The molecular weight excluding hydrogens is 564 g/mol. The van der Waals surface area contributed by atoms with Gasteiger partial charge in [0.1, 0.15) is 5.60 Å². The Morgan fingerprint density at radius 3 is 2.36 bits per heavy atom. The van der Waals surface area contributed by atoms with Crippen molar-refractivity contribution in [2.24, 2.45) is 0 Å². The van der Waals surface area contributed by atoms with Crippen LogP contribution < -0.4 is 5.32 Å². The van der Waals surface area contributed by atoms with E-state index in [4.69, 9.17) is 9.47 Å². The zero-order valence-electron chi connectivity index (χ0n) is 26.3. The third kappa shape index (κ3) is 6.40. The van der Waals surface area contributed by atoms with E-state index in [1.807, 2.05) is 45.2 Å². The Balaban J connectivity index is 1.33. The minimum absolute atomic E-state index is 0.0184. The van der Waals surface area contributed by atoms with Crippen LogP contribution in [0.4, 0.5) is 13.6 Å². The number of methoxy groups -OCH3 is 1. The lowest BCUT2D eigenvalue weighted by molar-refractivity contribution is -0.0965. The molecular formula is C35H43F2N3O4. The van der Waals surface area contributed by atoms with Crippen molar-refractivity contribution in [3.8, 4) is 0 Å². The average molecular weight is 608 g/mol. The zero-order valence-corrected chi connectivity index (χ0v) is 26.3. The minimum Gasteiger partial charge on any atom is -0.465 e. The molecule has 2 atom stereocenters. The van der Waals surface area contributed by atoms with Gasteiger partial charge in [0.15, 0.2) is 0 Å². The van der Waals surface area contributed by atoms with Gasteiger partial charge in [-0.05, 0) is 99.7 Å². The molecule has 1 aromatic heterocycles. The predicted molar refractivity (Wildman–Crippen MR) is 165 cm³/mol. The first kappa shape index (κ1) is 30.7. The van der Waals surface area contributed by atoms with Crippen LogP contribution in [0.3, 0.4) is 0 Å². The number of nitrogens with one attached hydrogen (secondary N) is 1. The van der Waals surface area contributed by atoms with Gasteiger partial charge in [-0.15, -0.1) is 0 Å². The third-order valence-corrected chi connectivity index (χ3v) is 9.27. The predicted octanol–water partition coefficient (Wildman–Crippen LogP) is 7.49. The molecule has 0 bridgehead atoms. The number of likely N-dealkylation sites (tertiary alicyclic amines) is 1. The van der Waals surface area contributed by atoms with Crippen molar-refractivity contribution in [3.05, 3.63) is 70.4 Å². The Hall–Kier alpha value is -3.30. The van der Waals surface area contributed by atoms with Gasteiger partial charge < -0.3 is 14.8 Å². The highest BCUT2D eigenvalue weighted by molar-refractivity contribution is 5.94. The number of piperidine rings is 1. The van der Waals surface area contributed by atoms with Gasteiger partial charge in [-0.2, -0.15) is 0 Å². The summed E-state index contributed by atoms with van der Waals surface area (Å²) in [5.74, 6) is -2.43. The summed E-state index contributed by atoms with van der Waals surface area (Å²) in [5, 5.41) is 4.57. The molecule has 3 fully saturated rings. The summed E-state index contributed by atoms with van der Waals surface area (Å²) in [5.41, 5.74) is 5.46. The van der Waals surface area contributed by atoms with Gasteiger partial charge in [-0.3, -0.25) is 9.47 Å². The number of aromatic nitrogens is 1. The summed E-state index contributed by atoms with van der Waals surface area (Å²) in [6.07, 6.45) is 5.15. The molecule has 2 aromatic carbocycles. The molecule has 2 heterocycles. The van der Waals surface area contributed by atoms with Crippen LogP contribution in [-0.4, -0.2) is 58.8 Å². The van der Waals surface area contributed by atoms with Crippen molar-refractivity contribution < 1.29 is 27.8 Å². The topological polar surface area (TPSA) is 72.8 Å². The number of aryl methyl sites for hydroxylation is 1. The Morgan fingerprint density at radius 2 is 1.75 bits per heavy atom. The van der Waals surface area contributed by atoms with Crippen molar-refractivity contribution in [1.82, 2.24) is 14.8 Å². The first-order valence-corrected chi connectivity index (χ1v) is 15.7. The molecule has 9 heteroatoms. The Kier molecular flexibility index (Phi) is 8.07. The van der Waals surface area contributed by atoms with E-state index >= 15 is 0 Å². The van der Waals surface area contributed by atoms with Crippen molar-refractivity contribution in [2.75, 3.05) is 13.7 Å². The highest BCUT2D eigenvalue weighted by Gasteiger charge is 2.46. The number of halogens is 2. The molecule has 44 heavy (non-hydrogen) atoms. The van der Waals surface area contributed by atoms with Crippen LogP contribution in [0.2, 0.25) is 0 Å². The van der Waals surface area contributed by atoms with Gasteiger partial charge in [-0.25, -0.2) is 18.4 Å². The van der Waals surface area contributed by atoms with E-state index in [-0.39, 0.29) is 36.9 Å². The second-order valence-corrected chi connectivity index (χ2v) is 13.9. The number of nitrogens with zero attached hydrogens (tertiary/aromatic N) is 2. The lowest BCUT2D eigenvalue weighted by Gasteiger charge is -2.44.